The molecular weight excluding hydrogens is 316 g/mol. The maximum Gasteiger partial charge on any atom is 0.334 e. The number of esters is 1. The molecule has 0 unspecified atom stereocenters. The van der Waals surface area contributed by atoms with Gasteiger partial charge < -0.3 is 4.74 Å². The van der Waals surface area contributed by atoms with E-state index in [1.807, 2.05) is 53.2 Å². The van der Waals surface area contributed by atoms with E-state index in [0.29, 0.717) is 5.57 Å². The molecule has 118 valence electrons. The van der Waals surface area contributed by atoms with Gasteiger partial charge in [0.15, 0.2) is 5.60 Å². The van der Waals surface area contributed by atoms with Gasteiger partial charge in [-0.2, -0.15) is 11.3 Å². The van der Waals surface area contributed by atoms with Gasteiger partial charge in [-0.05, 0) is 34.9 Å². The highest BCUT2D eigenvalue weighted by Gasteiger charge is 2.48. The van der Waals surface area contributed by atoms with Crippen LogP contribution in [0.1, 0.15) is 23.6 Å². The molecular formula is C21H16O2S. The van der Waals surface area contributed by atoms with Crippen molar-refractivity contribution in [1.82, 2.24) is 0 Å². The van der Waals surface area contributed by atoms with Gasteiger partial charge in [-0.3, -0.25) is 0 Å². The summed E-state index contributed by atoms with van der Waals surface area (Å²) < 4.78 is 6.13. The maximum absolute atomic E-state index is 12.5. The van der Waals surface area contributed by atoms with Crippen molar-refractivity contribution in [3.8, 4) is 11.1 Å². The molecule has 1 aromatic heterocycles. The molecule has 0 saturated heterocycles. The Morgan fingerprint density at radius 2 is 1.58 bits per heavy atom. The molecule has 1 heterocycles. The zero-order valence-electron chi connectivity index (χ0n) is 13.3. The molecule has 2 nitrogen and oxygen atoms in total. The van der Waals surface area contributed by atoms with Crippen molar-refractivity contribution >= 4 is 17.3 Å². The summed E-state index contributed by atoms with van der Waals surface area (Å²) in [5, 5.41) is 4.06. The number of ether oxygens (including phenoxy) is 1. The summed E-state index contributed by atoms with van der Waals surface area (Å²) in [6.45, 7) is 5.43. The molecule has 0 spiro atoms. The number of carbonyl (C=O) groups is 1. The molecule has 0 bridgehead atoms. The lowest BCUT2D eigenvalue weighted by Crippen LogP contribution is -2.33. The number of hydrogen-bond donors (Lipinski definition) is 0. The molecule has 1 aliphatic rings. The topological polar surface area (TPSA) is 26.3 Å². The van der Waals surface area contributed by atoms with E-state index in [1.165, 1.54) is 0 Å². The lowest BCUT2D eigenvalue weighted by Gasteiger charge is -2.31. The minimum absolute atomic E-state index is 0.382. The fraction of sp³-hybridized carbons (Fsp3) is 0.0952. The smallest absolute Gasteiger partial charge is 0.334 e. The first-order valence-electron chi connectivity index (χ1n) is 7.75. The highest BCUT2D eigenvalue weighted by molar-refractivity contribution is 7.08. The Hall–Kier alpha value is -2.65. The van der Waals surface area contributed by atoms with Crippen molar-refractivity contribution in [2.75, 3.05) is 0 Å². The summed E-state index contributed by atoms with van der Waals surface area (Å²) in [5.41, 5.74) is 4.66. The monoisotopic (exact) mass is 332 g/mol. The number of fused-ring (bicyclic) bond motifs is 3. The zero-order valence-corrected chi connectivity index (χ0v) is 14.1. The summed E-state index contributed by atoms with van der Waals surface area (Å²) in [6, 6.07) is 18.3. The molecule has 0 fully saturated rings. The van der Waals surface area contributed by atoms with Gasteiger partial charge >= 0.3 is 5.97 Å². The van der Waals surface area contributed by atoms with Gasteiger partial charge in [-0.1, -0.05) is 55.1 Å². The van der Waals surface area contributed by atoms with Crippen LogP contribution in [0.3, 0.4) is 0 Å². The van der Waals surface area contributed by atoms with Crippen molar-refractivity contribution in [1.29, 1.82) is 0 Å². The number of benzene rings is 2. The predicted molar refractivity (Wildman–Crippen MR) is 97.0 cm³/mol. The Balaban J connectivity index is 2.06. The SMILES string of the molecule is C=C(C)C(=O)OC1(c2ccsc2)c2ccccc2-c2ccccc21. The van der Waals surface area contributed by atoms with E-state index < -0.39 is 5.60 Å². The second-order valence-corrected chi connectivity index (χ2v) is 6.73. The van der Waals surface area contributed by atoms with Crippen LogP contribution >= 0.6 is 11.3 Å². The summed E-state index contributed by atoms with van der Waals surface area (Å²) >= 11 is 1.60. The Morgan fingerprint density at radius 1 is 1.00 bits per heavy atom. The van der Waals surface area contributed by atoms with Gasteiger partial charge in [0.05, 0.1) is 0 Å². The van der Waals surface area contributed by atoms with Gasteiger partial charge in [0, 0.05) is 22.3 Å². The number of hydrogen-bond acceptors (Lipinski definition) is 3. The van der Waals surface area contributed by atoms with E-state index in [9.17, 15) is 4.79 Å². The summed E-state index contributed by atoms with van der Waals surface area (Å²) in [6.07, 6.45) is 0. The molecule has 3 aromatic rings. The first-order valence-corrected chi connectivity index (χ1v) is 8.70. The maximum atomic E-state index is 12.5. The van der Waals surface area contributed by atoms with Gasteiger partial charge in [-0.15, -0.1) is 0 Å². The Labute approximate surface area is 145 Å². The molecule has 3 heteroatoms. The normalized spacial score (nSPS) is 13.9. The molecule has 0 amide bonds. The number of thiophene rings is 1. The quantitative estimate of drug-likeness (QED) is 0.490. The molecule has 1 aliphatic carbocycles. The second-order valence-electron chi connectivity index (χ2n) is 5.95. The van der Waals surface area contributed by atoms with Gasteiger partial charge in [-0.25, -0.2) is 4.79 Å². The van der Waals surface area contributed by atoms with E-state index in [4.69, 9.17) is 4.74 Å². The highest BCUT2D eigenvalue weighted by Crippen LogP contribution is 2.53. The van der Waals surface area contributed by atoms with Gasteiger partial charge in [0.1, 0.15) is 0 Å². The molecule has 0 aliphatic heterocycles. The third-order valence-corrected chi connectivity index (χ3v) is 5.11. The number of rotatable bonds is 3. The highest BCUT2D eigenvalue weighted by atomic mass is 32.1. The first kappa shape index (κ1) is 14.9. The molecule has 24 heavy (non-hydrogen) atoms. The van der Waals surface area contributed by atoms with E-state index >= 15 is 0 Å². The standard InChI is InChI=1S/C21H16O2S/c1-14(2)20(22)23-21(15-11-12-24-13-15)18-9-5-3-7-16(18)17-8-4-6-10-19(17)21/h3-13H,1H2,2H3. The van der Waals surface area contributed by atoms with Crippen LogP contribution in [0.2, 0.25) is 0 Å². The minimum Gasteiger partial charge on any atom is -0.441 e. The van der Waals surface area contributed by atoms with Crippen LogP contribution in [0.4, 0.5) is 0 Å². The first-order chi connectivity index (χ1) is 11.6. The molecule has 0 atom stereocenters. The van der Waals surface area contributed by atoms with E-state index in [0.717, 1.165) is 27.8 Å². The fourth-order valence-corrected chi connectivity index (χ4v) is 4.06. The zero-order chi connectivity index (χ0) is 16.7. The van der Waals surface area contributed by atoms with E-state index in [2.05, 4.69) is 18.7 Å². The third-order valence-electron chi connectivity index (χ3n) is 4.42. The fourth-order valence-electron chi connectivity index (χ4n) is 3.37. The van der Waals surface area contributed by atoms with Crippen molar-refractivity contribution in [2.24, 2.45) is 0 Å². The lowest BCUT2D eigenvalue weighted by atomic mass is 9.85. The molecule has 2 aromatic carbocycles. The average molecular weight is 332 g/mol. The molecule has 0 saturated carbocycles. The van der Waals surface area contributed by atoms with Crippen molar-refractivity contribution in [3.05, 3.63) is 94.2 Å². The number of carbonyl (C=O) groups excluding carboxylic acids is 1. The van der Waals surface area contributed by atoms with Gasteiger partial charge in [0.2, 0.25) is 0 Å². The summed E-state index contributed by atoms with van der Waals surface area (Å²) in [4.78, 5) is 12.5. The van der Waals surface area contributed by atoms with Crippen LogP contribution < -0.4 is 0 Å². The van der Waals surface area contributed by atoms with Crippen LogP contribution in [-0.4, -0.2) is 5.97 Å². The largest absolute Gasteiger partial charge is 0.441 e. The van der Waals surface area contributed by atoms with Crippen LogP contribution in [0, 0.1) is 0 Å². The average Bonchev–Trinajstić information content (AvgIpc) is 3.22. The van der Waals surface area contributed by atoms with Crippen LogP contribution in [0.5, 0.6) is 0 Å². The summed E-state index contributed by atoms with van der Waals surface area (Å²) in [5.74, 6) is -0.382. The van der Waals surface area contributed by atoms with Crippen molar-refractivity contribution in [3.63, 3.8) is 0 Å². The Morgan fingerprint density at radius 3 is 2.08 bits per heavy atom. The third kappa shape index (κ3) is 1.98. The summed E-state index contributed by atoms with van der Waals surface area (Å²) in [7, 11) is 0. The van der Waals surface area contributed by atoms with Crippen molar-refractivity contribution < 1.29 is 9.53 Å². The van der Waals surface area contributed by atoms with E-state index in [1.54, 1.807) is 18.3 Å². The van der Waals surface area contributed by atoms with E-state index in [-0.39, 0.29) is 5.97 Å². The van der Waals surface area contributed by atoms with Crippen LogP contribution in [-0.2, 0) is 15.1 Å². The van der Waals surface area contributed by atoms with Crippen LogP contribution in [0.25, 0.3) is 11.1 Å². The second kappa shape index (κ2) is 5.46. The Bertz CT molecular complexity index is 892. The van der Waals surface area contributed by atoms with Crippen LogP contribution in [0.15, 0.2) is 77.5 Å². The molecule has 0 radical (unpaired) electrons. The molecule has 4 rings (SSSR count). The Kier molecular flexibility index (Phi) is 3.39. The predicted octanol–water partition coefficient (Wildman–Crippen LogP) is 5.14. The van der Waals surface area contributed by atoms with Crippen molar-refractivity contribution in [2.45, 2.75) is 12.5 Å². The van der Waals surface area contributed by atoms with Gasteiger partial charge in [0.25, 0.3) is 0 Å². The lowest BCUT2D eigenvalue weighted by molar-refractivity contribution is -0.148. The minimum atomic E-state index is -0.913. The molecule has 0 N–H and O–H groups in total.